The van der Waals surface area contributed by atoms with Crippen molar-refractivity contribution >= 4 is 23.0 Å². The molecule has 1 atom stereocenters. The molecule has 4 heteroatoms. The van der Waals surface area contributed by atoms with Gasteiger partial charge in [-0.05, 0) is 48.6 Å². The van der Waals surface area contributed by atoms with Crippen LogP contribution in [-0.2, 0) is 4.79 Å². The summed E-state index contributed by atoms with van der Waals surface area (Å²) in [4.78, 5) is 14.2. The fourth-order valence-electron chi connectivity index (χ4n) is 3.03. The Labute approximate surface area is 129 Å². The zero-order chi connectivity index (χ0) is 15.1. The largest absolute Gasteiger partial charge is 0.338 e. The first-order valence-electron chi connectivity index (χ1n) is 7.75. The van der Waals surface area contributed by atoms with Gasteiger partial charge >= 0.3 is 0 Å². The molecule has 0 spiro atoms. The number of para-hydroxylation sites is 2. The Morgan fingerprint density at radius 2 is 1.91 bits per heavy atom. The van der Waals surface area contributed by atoms with Gasteiger partial charge in [-0.2, -0.15) is 0 Å². The molecule has 2 aliphatic rings. The Balaban J connectivity index is 1.79. The van der Waals surface area contributed by atoms with Gasteiger partial charge in [0.25, 0.3) is 0 Å². The van der Waals surface area contributed by atoms with Gasteiger partial charge in [0.15, 0.2) is 0 Å². The Morgan fingerprint density at radius 1 is 1.09 bits per heavy atom. The molecule has 1 aliphatic carbocycles. The van der Waals surface area contributed by atoms with E-state index in [1.54, 1.807) is 0 Å². The minimum Gasteiger partial charge on any atom is -0.338 e. The fraction of sp³-hybridized carbons (Fsp3) is 0.278. The SMILES string of the molecule is N[C@H]1CN(c2cccc(C3CC3)c2)c2ccccc2NC1=O. The van der Waals surface area contributed by atoms with Crippen LogP contribution in [0.2, 0.25) is 0 Å². The van der Waals surface area contributed by atoms with Crippen LogP contribution in [0, 0.1) is 0 Å². The van der Waals surface area contributed by atoms with E-state index in [-0.39, 0.29) is 5.91 Å². The lowest BCUT2D eigenvalue weighted by Crippen LogP contribution is -2.41. The average molecular weight is 293 g/mol. The van der Waals surface area contributed by atoms with E-state index in [4.69, 9.17) is 5.73 Å². The number of carbonyl (C=O) groups excluding carboxylic acids is 1. The highest BCUT2D eigenvalue weighted by Crippen LogP contribution is 2.42. The molecule has 4 nitrogen and oxygen atoms in total. The lowest BCUT2D eigenvalue weighted by Gasteiger charge is -2.26. The third-order valence-corrected chi connectivity index (χ3v) is 4.40. The first-order chi connectivity index (χ1) is 10.7. The molecule has 1 fully saturated rings. The number of benzene rings is 2. The summed E-state index contributed by atoms with van der Waals surface area (Å²) in [5.74, 6) is 0.573. The molecule has 0 saturated heterocycles. The number of nitrogens with two attached hydrogens (primary N) is 1. The summed E-state index contributed by atoms with van der Waals surface area (Å²) in [5, 5.41) is 2.92. The second-order valence-electron chi connectivity index (χ2n) is 6.09. The van der Waals surface area contributed by atoms with Gasteiger partial charge in [-0.3, -0.25) is 4.79 Å². The van der Waals surface area contributed by atoms with E-state index in [1.165, 1.54) is 18.4 Å². The van der Waals surface area contributed by atoms with Crippen molar-refractivity contribution in [2.24, 2.45) is 5.73 Å². The molecule has 0 unspecified atom stereocenters. The molecule has 1 amide bonds. The average Bonchev–Trinajstić information content (AvgIpc) is 3.38. The molecule has 2 aromatic carbocycles. The first-order valence-corrected chi connectivity index (χ1v) is 7.75. The van der Waals surface area contributed by atoms with E-state index in [9.17, 15) is 4.79 Å². The smallest absolute Gasteiger partial charge is 0.243 e. The van der Waals surface area contributed by atoms with E-state index in [0.717, 1.165) is 17.1 Å². The number of fused-ring (bicyclic) bond motifs is 1. The highest BCUT2D eigenvalue weighted by atomic mass is 16.2. The van der Waals surface area contributed by atoms with Crippen LogP contribution in [0.15, 0.2) is 48.5 Å². The molecule has 0 radical (unpaired) electrons. The number of hydrogen-bond donors (Lipinski definition) is 2. The zero-order valence-corrected chi connectivity index (χ0v) is 12.3. The van der Waals surface area contributed by atoms with Crippen LogP contribution < -0.4 is 16.0 Å². The van der Waals surface area contributed by atoms with Crippen LogP contribution in [0.3, 0.4) is 0 Å². The van der Waals surface area contributed by atoms with Crippen molar-refractivity contribution in [3.8, 4) is 0 Å². The Morgan fingerprint density at radius 3 is 2.73 bits per heavy atom. The van der Waals surface area contributed by atoms with Gasteiger partial charge in [0, 0.05) is 12.2 Å². The van der Waals surface area contributed by atoms with Crippen molar-refractivity contribution in [1.82, 2.24) is 0 Å². The quantitative estimate of drug-likeness (QED) is 0.895. The number of amides is 1. The minimum absolute atomic E-state index is 0.131. The van der Waals surface area contributed by atoms with E-state index in [1.807, 2.05) is 24.3 Å². The first kappa shape index (κ1) is 13.3. The van der Waals surface area contributed by atoms with Gasteiger partial charge in [0.2, 0.25) is 5.91 Å². The molecule has 1 saturated carbocycles. The summed E-state index contributed by atoms with van der Waals surface area (Å²) in [7, 11) is 0. The number of rotatable bonds is 2. The summed E-state index contributed by atoms with van der Waals surface area (Å²) >= 11 is 0. The van der Waals surface area contributed by atoms with Gasteiger partial charge in [-0.15, -0.1) is 0 Å². The maximum absolute atomic E-state index is 12.1. The van der Waals surface area contributed by atoms with E-state index >= 15 is 0 Å². The Hall–Kier alpha value is -2.33. The summed E-state index contributed by atoms with van der Waals surface area (Å²) in [6.07, 6.45) is 2.55. The predicted molar refractivity (Wildman–Crippen MR) is 88.5 cm³/mol. The Kier molecular flexibility index (Phi) is 3.12. The van der Waals surface area contributed by atoms with E-state index in [0.29, 0.717) is 12.5 Å². The van der Waals surface area contributed by atoms with E-state index in [2.05, 4.69) is 34.5 Å². The monoisotopic (exact) mass is 293 g/mol. The second kappa shape index (κ2) is 5.14. The third-order valence-electron chi connectivity index (χ3n) is 4.40. The van der Waals surface area contributed by atoms with Crippen LogP contribution in [0.4, 0.5) is 17.1 Å². The number of hydrogen-bond acceptors (Lipinski definition) is 3. The molecule has 3 N–H and O–H groups in total. The van der Waals surface area contributed by atoms with Gasteiger partial charge in [0.1, 0.15) is 6.04 Å². The number of nitrogens with zero attached hydrogens (tertiary/aromatic N) is 1. The molecule has 0 aromatic heterocycles. The van der Waals surface area contributed by atoms with Crippen LogP contribution in [-0.4, -0.2) is 18.5 Å². The molecule has 112 valence electrons. The van der Waals surface area contributed by atoms with Gasteiger partial charge in [-0.1, -0.05) is 24.3 Å². The molecular weight excluding hydrogens is 274 g/mol. The highest BCUT2D eigenvalue weighted by molar-refractivity contribution is 6.00. The predicted octanol–water partition coefficient (Wildman–Crippen LogP) is 2.98. The topological polar surface area (TPSA) is 58.4 Å². The summed E-state index contributed by atoms with van der Waals surface area (Å²) in [6.45, 7) is 0.483. The van der Waals surface area contributed by atoms with Crippen LogP contribution in [0.25, 0.3) is 0 Å². The number of carbonyl (C=O) groups is 1. The molecule has 1 aliphatic heterocycles. The highest BCUT2D eigenvalue weighted by Gasteiger charge is 2.28. The summed E-state index contributed by atoms with van der Waals surface area (Å²) in [5.41, 5.74) is 10.3. The molecule has 2 aromatic rings. The molecule has 22 heavy (non-hydrogen) atoms. The van der Waals surface area contributed by atoms with Crippen molar-refractivity contribution in [3.05, 3.63) is 54.1 Å². The van der Waals surface area contributed by atoms with Crippen LogP contribution in [0.5, 0.6) is 0 Å². The van der Waals surface area contributed by atoms with Crippen LogP contribution in [0.1, 0.15) is 24.3 Å². The minimum atomic E-state index is -0.544. The molecule has 4 rings (SSSR count). The molecular formula is C18H19N3O. The van der Waals surface area contributed by atoms with Gasteiger partial charge < -0.3 is 16.0 Å². The summed E-state index contributed by atoms with van der Waals surface area (Å²) < 4.78 is 0. The number of anilines is 3. The van der Waals surface area contributed by atoms with Crippen LogP contribution >= 0.6 is 0 Å². The summed E-state index contributed by atoms with van der Waals surface area (Å²) in [6, 6.07) is 15.9. The molecule has 1 heterocycles. The van der Waals surface area contributed by atoms with Gasteiger partial charge in [0.05, 0.1) is 11.4 Å². The van der Waals surface area contributed by atoms with Crippen molar-refractivity contribution in [3.63, 3.8) is 0 Å². The fourth-order valence-corrected chi connectivity index (χ4v) is 3.03. The lowest BCUT2D eigenvalue weighted by atomic mass is 10.1. The van der Waals surface area contributed by atoms with Gasteiger partial charge in [-0.25, -0.2) is 0 Å². The van der Waals surface area contributed by atoms with Crippen molar-refractivity contribution in [2.75, 3.05) is 16.8 Å². The maximum atomic E-state index is 12.1. The van der Waals surface area contributed by atoms with Crippen molar-refractivity contribution < 1.29 is 4.79 Å². The molecule has 0 bridgehead atoms. The number of nitrogens with one attached hydrogen (secondary N) is 1. The zero-order valence-electron chi connectivity index (χ0n) is 12.3. The van der Waals surface area contributed by atoms with Crippen molar-refractivity contribution in [1.29, 1.82) is 0 Å². The normalized spacial score (nSPS) is 21.0. The Bertz CT molecular complexity index is 724. The van der Waals surface area contributed by atoms with Crippen molar-refractivity contribution in [2.45, 2.75) is 24.8 Å². The maximum Gasteiger partial charge on any atom is 0.243 e. The lowest BCUT2D eigenvalue weighted by molar-refractivity contribution is -0.117. The second-order valence-corrected chi connectivity index (χ2v) is 6.09. The standard InChI is InChI=1S/C18H19N3O/c19-15-11-21(14-5-3-4-13(10-14)12-8-9-12)17-7-2-1-6-16(17)20-18(15)22/h1-7,10,12,15H,8-9,11,19H2,(H,20,22)/t15-/m0/s1. The van der Waals surface area contributed by atoms with E-state index < -0.39 is 6.04 Å². The third kappa shape index (κ3) is 2.35.